The average molecular weight is 806 g/mol. The van der Waals surface area contributed by atoms with Crippen LogP contribution in [-0.4, -0.2) is 15.7 Å². The molecule has 0 fully saturated rings. The molecule has 0 saturated carbocycles. The van der Waals surface area contributed by atoms with Gasteiger partial charge in [-0.05, 0) is 127 Å². The van der Waals surface area contributed by atoms with Gasteiger partial charge in [0.15, 0.2) is 0 Å². The van der Waals surface area contributed by atoms with E-state index in [-0.39, 0.29) is 28.4 Å². The Kier molecular flexibility index (Phi) is 7.26. The third-order valence-corrected chi connectivity index (χ3v) is 14.6. The van der Waals surface area contributed by atoms with Gasteiger partial charge >= 0.3 is 0 Å². The summed E-state index contributed by atoms with van der Waals surface area (Å²) in [5.74, 6) is 0. The highest BCUT2D eigenvalue weighted by Crippen LogP contribution is 2.47. The van der Waals surface area contributed by atoms with Crippen LogP contribution in [0.15, 0.2) is 121 Å². The second-order valence-electron chi connectivity index (χ2n) is 22.8. The topological polar surface area (TPSA) is 12.6 Å². The summed E-state index contributed by atoms with van der Waals surface area (Å²) < 4.78 is 5.21. The monoisotopic (exact) mass is 805 g/mol. The summed E-state index contributed by atoms with van der Waals surface area (Å²) in [6, 6.07) is 48.0. The molecule has 306 valence electrons. The fraction of sp³-hybridized carbons (Fsp3) is 0.276. The van der Waals surface area contributed by atoms with Crippen molar-refractivity contribution in [1.29, 1.82) is 0 Å². The van der Waals surface area contributed by atoms with E-state index in [2.05, 4.69) is 218 Å². The van der Waals surface area contributed by atoms with Crippen molar-refractivity contribution in [3.63, 3.8) is 0 Å². The molecule has 10 aromatic rings. The van der Waals surface area contributed by atoms with Gasteiger partial charge in [-0.1, -0.05) is 138 Å². The molecule has 5 heterocycles. The second-order valence-corrected chi connectivity index (χ2v) is 22.8. The predicted molar refractivity (Wildman–Crippen MR) is 270 cm³/mol. The quantitative estimate of drug-likeness (QED) is 0.151. The molecular formula is C58H56BN3. The number of para-hydroxylation sites is 1. The number of hydrogen-bond donors (Lipinski definition) is 0. The summed E-state index contributed by atoms with van der Waals surface area (Å²) in [4.78, 5) is 2.54. The molecule has 0 aliphatic carbocycles. The van der Waals surface area contributed by atoms with E-state index in [1.165, 1.54) is 121 Å². The standard InChI is InChI=1S/C58H56BN3/c1-55(2,3)33-19-23-37(24-20-33)60-47-26-22-35(57(7,8)9)30-45(47)59-44-16-13-15-38-40-31-41-43-29-36(58(10,11)12)28-42-39-27-34(56(4,5)6)21-25-46(39)61(53(42)43)51(41)32-50(40)62(54(38)44)49-18-14-17-48(60)52(49)59/h13-32H,1-12H3. The fourth-order valence-corrected chi connectivity index (χ4v) is 11.2. The van der Waals surface area contributed by atoms with Gasteiger partial charge in [0.25, 0.3) is 6.71 Å². The molecule has 12 rings (SSSR count). The van der Waals surface area contributed by atoms with E-state index in [1.807, 2.05) is 0 Å². The molecule has 0 amide bonds. The molecule has 0 atom stereocenters. The number of benzene rings is 7. The maximum Gasteiger partial charge on any atom is 0.252 e. The van der Waals surface area contributed by atoms with E-state index in [1.54, 1.807) is 0 Å². The van der Waals surface area contributed by atoms with E-state index in [0.717, 1.165) is 0 Å². The number of rotatable bonds is 1. The molecule has 0 saturated heterocycles. The number of aromatic nitrogens is 2. The Labute approximate surface area is 366 Å². The molecule has 4 heteroatoms. The lowest BCUT2D eigenvalue weighted by Crippen LogP contribution is -2.60. The van der Waals surface area contributed by atoms with Gasteiger partial charge in [0.1, 0.15) is 0 Å². The van der Waals surface area contributed by atoms with Gasteiger partial charge in [-0.3, -0.25) is 0 Å². The van der Waals surface area contributed by atoms with Gasteiger partial charge in [-0.25, -0.2) is 0 Å². The molecule has 0 unspecified atom stereocenters. The lowest BCUT2D eigenvalue weighted by Gasteiger charge is -2.41. The maximum absolute atomic E-state index is 2.62. The molecule has 3 nitrogen and oxygen atoms in total. The molecule has 0 radical (unpaired) electrons. The number of hydrogen-bond acceptors (Lipinski definition) is 1. The van der Waals surface area contributed by atoms with Gasteiger partial charge in [0.05, 0.1) is 22.1 Å². The largest absolute Gasteiger partial charge is 0.311 e. The van der Waals surface area contributed by atoms with Crippen molar-refractivity contribution in [2.24, 2.45) is 0 Å². The third-order valence-electron chi connectivity index (χ3n) is 14.6. The Morgan fingerprint density at radius 2 is 0.935 bits per heavy atom. The van der Waals surface area contributed by atoms with Crippen LogP contribution in [0.3, 0.4) is 0 Å². The summed E-state index contributed by atoms with van der Waals surface area (Å²) in [7, 11) is 0. The first-order valence-corrected chi connectivity index (χ1v) is 22.7. The second kappa shape index (κ2) is 11.9. The minimum Gasteiger partial charge on any atom is -0.311 e. The first-order valence-electron chi connectivity index (χ1n) is 22.7. The van der Waals surface area contributed by atoms with Crippen LogP contribution in [0.5, 0.6) is 0 Å². The van der Waals surface area contributed by atoms with Crippen molar-refractivity contribution >= 4 is 100 Å². The number of nitrogens with zero attached hydrogens (tertiary/aromatic N) is 3. The van der Waals surface area contributed by atoms with Crippen LogP contribution in [0.4, 0.5) is 17.1 Å². The first-order chi connectivity index (χ1) is 29.3. The van der Waals surface area contributed by atoms with E-state index in [4.69, 9.17) is 0 Å². The van der Waals surface area contributed by atoms with Crippen molar-refractivity contribution in [2.75, 3.05) is 4.90 Å². The van der Waals surface area contributed by atoms with Gasteiger partial charge in [0, 0.05) is 60.6 Å². The smallest absolute Gasteiger partial charge is 0.252 e. The zero-order valence-corrected chi connectivity index (χ0v) is 38.5. The predicted octanol–water partition coefficient (Wildman–Crippen LogP) is 13.7. The van der Waals surface area contributed by atoms with Crippen molar-refractivity contribution in [2.45, 2.75) is 105 Å². The van der Waals surface area contributed by atoms with E-state index >= 15 is 0 Å². The van der Waals surface area contributed by atoms with Crippen molar-refractivity contribution in [3.8, 4) is 5.69 Å². The van der Waals surface area contributed by atoms with E-state index in [9.17, 15) is 0 Å². The van der Waals surface area contributed by atoms with Crippen LogP contribution < -0.4 is 21.3 Å². The number of fused-ring (bicyclic) bond motifs is 13. The normalized spacial score (nSPS) is 14.4. The Morgan fingerprint density at radius 3 is 1.61 bits per heavy atom. The summed E-state index contributed by atoms with van der Waals surface area (Å²) in [6.45, 7) is 28.0. The lowest BCUT2D eigenvalue weighted by molar-refractivity contribution is 0.590. The molecule has 0 N–H and O–H groups in total. The van der Waals surface area contributed by atoms with Crippen LogP contribution in [0.25, 0.3) is 65.6 Å². The average Bonchev–Trinajstić information content (AvgIpc) is 3.84. The summed E-state index contributed by atoms with van der Waals surface area (Å²) in [6.07, 6.45) is 0. The van der Waals surface area contributed by atoms with Crippen LogP contribution in [0.1, 0.15) is 105 Å². The highest BCUT2D eigenvalue weighted by molar-refractivity contribution is 7.00. The maximum atomic E-state index is 2.62. The van der Waals surface area contributed by atoms with Gasteiger partial charge in [-0.15, -0.1) is 0 Å². The van der Waals surface area contributed by atoms with Crippen molar-refractivity contribution < 1.29 is 0 Å². The minimum atomic E-state index is 0.00560. The highest BCUT2D eigenvalue weighted by atomic mass is 15.2. The van der Waals surface area contributed by atoms with Crippen molar-refractivity contribution in [1.82, 2.24) is 8.97 Å². The molecule has 0 spiro atoms. The lowest BCUT2D eigenvalue weighted by atomic mass is 9.33. The van der Waals surface area contributed by atoms with E-state index in [0.29, 0.717) is 0 Å². The minimum absolute atomic E-state index is 0.00560. The first kappa shape index (κ1) is 37.7. The SMILES string of the molecule is CC(C)(C)c1ccc(N2c3ccc(C(C)(C)C)cc3B3c4c2cccc4-n2c4cc5c(cc4c4cccc3c42)c2cc(C(C)(C)C)cc3c4cc(C(C)(C)C)ccc4n5c32)cc1. The molecule has 7 aromatic carbocycles. The molecule has 2 aliphatic rings. The Hall–Kier alpha value is -6.00. The summed E-state index contributed by atoms with van der Waals surface area (Å²) in [5.41, 5.74) is 21.2. The van der Waals surface area contributed by atoms with Gasteiger partial charge in [-0.2, -0.15) is 0 Å². The molecule has 0 bridgehead atoms. The molecule has 2 aliphatic heterocycles. The van der Waals surface area contributed by atoms with Crippen LogP contribution >= 0.6 is 0 Å². The van der Waals surface area contributed by atoms with Gasteiger partial charge < -0.3 is 13.9 Å². The molecule has 62 heavy (non-hydrogen) atoms. The summed E-state index contributed by atoms with van der Waals surface area (Å²) in [5, 5.41) is 8.01. The highest BCUT2D eigenvalue weighted by Gasteiger charge is 2.42. The van der Waals surface area contributed by atoms with E-state index < -0.39 is 0 Å². The molecular weight excluding hydrogens is 749 g/mol. The third kappa shape index (κ3) is 5.01. The Bertz CT molecular complexity index is 3550. The summed E-state index contributed by atoms with van der Waals surface area (Å²) >= 11 is 0. The van der Waals surface area contributed by atoms with Crippen LogP contribution in [-0.2, 0) is 21.7 Å². The van der Waals surface area contributed by atoms with Crippen molar-refractivity contribution in [3.05, 3.63) is 144 Å². The van der Waals surface area contributed by atoms with Crippen LogP contribution in [0.2, 0.25) is 0 Å². The zero-order chi connectivity index (χ0) is 43.2. The molecule has 3 aromatic heterocycles. The fourth-order valence-electron chi connectivity index (χ4n) is 11.2. The Morgan fingerprint density at radius 1 is 0.371 bits per heavy atom. The zero-order valence-electron chi connectivity index (χ0n) is 38.5. The van der Waals surface area contributed by atoms with Crippen LogP contribution in [0, 0.1) is 0 Å². The van der Waals surface area contributed by atoms with Gasteiger partial charge in [0.2, 0.25) is 0 Å². The number of anilines is 3. The Balaban J connectivity index is 1.20.